The molecule has 0 fully saturated rings. The zero-order valence-corrected chi connectivity index (χ0v) is 12.9. The Hall–Kier alpha value is -2.69. The highest BCUT2D eigenvalue weighted by Gasteiger charge is 2.22. The second-order valence-corrected chi connectivity index (χ2v) is 5.65. The van der Waals surface area contributed by atoms with Crippen molar-refractivity contribution < 1.29 is 9.59 Å². The monoisotopic (exact) mass is 310 g/mol. The zero-order chi connectivity index (χ0) is 16.4. The number of fused-ring (bicyclic) bond motifs is 1. The molecule has 1 amide bonds. The summed E-state index contributed by atoms with van der Waals surface area (Å²) in [6, 6.07) is 8.89. The van der Waals surface area contributed by atoms with Gasteiger partial charge in [-0.1, -0.05) is 25.1 Å². The van der Waals surface area contributed by atoms with Crippen LogP contribution in [0.15, 0.2) is 35.1 Å². The maximum absolute atomic E-state index is 12.5. The Bertz CT molecular complexity index is 836. The molecule has 2 aromatic rings. The van der Waals surface area contributed by atoms with E-state index in [0.29, 0.717) is 29.8 Å². The van der Waals surface area contributed by atoms with E-state index in [2.05, 4.69) is 10.3 Å². The first-order chi connectivity index (χ1) is 11.1. The molecule has 5 nitrogen and oxygen atoms in total. The summed E-state index contributed by atoms with van der Waals surface area (Å²) in [5, 5.41) is 2.77. The molecule has 2 N–H and O–H groups in total. The van der Waals surface area contributed by atoms with E-state index < -0.39 is 11.5 Å². The molecule has 0 atom stereocenters. The first kappa shape index (κ1) is 15.2. The highest BCUT2D eigenvalue weighted by molar-refractivity contribution is 6.06. The average Bonchev–Trinajstić information content (AvgIpc) is 2.55. The summed E-state index contributed by atoms with van der Waals surface area (Å²) in [5.41, 5.74) is 2.30. The molecule has 0 aliphatic heterocycles. The summed E-state index contributed by atoms with van der Waals surface area (Å²) in [4.78, 5) is 39.3. The van der Waals surface area contributed by atoms with E-state index in [-0.39, 0.29) is 11.3 Å². The number of hydrogen-bond acceptors (Lipinski definition) is 3. The number of benzene rings is 1. The van der Waals surface area contributed by atoms with Gasteiger partial charge in [-0.3, -0.25) is 14.4 Å². The van der Waals surface area contributed by atoms with Gasteiger partial charge in [0.2, 0.25) is 0 Å². The number of aromatic amines is 1. The summed E-state index contributed by atoms with van der Waals surface area (Å²) in [5.74, 6) is -0.515. The number of ketones is 1. The van der Waals surface area contributed by atoms with Gasteiger partial charge in [0.05, 0.1) is 0 Å². The number of amides is 1. The molecule has 0 saturated heterocycles. The van der Waals surface area contributed by atoms with Gasteiger partial charge in [0, 0.05) is 23.4 Å². The molecule has 1 heterocycles. The first-order valence-corrected chi connectivity index (χ1v) is 7.78. The lowest BCUT2D eigenvalue weighted by molar-refractivity contribution is 0.0971. The number of para-hydroxylation sites is 1. The maximum atomic E-state index is 12.5. The van der Waals surface area contributed by atoms with Crippen LogP contribution in [0.5, 0.6) is 0 Å². The van der Waals surface area contributed by atoms with Crippen LogP contribution in [0.25, 0.3) is 0 Å². The van der Waals surface area contributed by atoms with E-state index in [0.717, 1.165) is 18.4 Å². The summed E-state index contributed by atoms with van der Waals surface area (Å²) in [7, 11) is 0. The third-order valence-electron chi connectivity index (χ3n) is 4.14. The third kappa shape index (κ3) is 2.95. The van der Waals surface area contributed by atoms with Gasteiger partial charge >= 0.3 is 0 Å². The van der Waals surface area contributed by atoms with Crippen molar-refractivity contribution in [2.45, 2.75) is 32.6 Å². The molecule has 0 unspecified atom stereocenters. The average molecular weight is 310 g/mol. The predicted molar refractivity (Wildman–Crippen MR) is 88.1 cm³/mol. The molecule has 3 rings (SSSR count). The number of Topliss-reactive ketones (excluding diaryl/α,β-unsaturated/α-hetero) is 1. The van der Waals surface area contributed by atoms with Crippen LogP contribution in [-0.2, 0) is 12.8 Å². The lowest BCUT2D eigenvalue weighted by atomic mass is 9.93. The van der Waals surface area contributed by atoms with Crippen LogP contribution in [-0.4, -0.2) is 16.7 Å². The predicted octanol–water partition coefficient (Wildman–Crippen LogP) is 2.71. The van der Waals surface area contributed by atoms with Crippen LogP contribution in [0.3, 0.4) is 0 Å². The molecular weight excluding hydrogens is 292 g/mol. The summed E-state index contributed by atoms with van der Waals surface area (Å²) < 4.78 is 0. The Morgan fingerprint density at radius 1 is 1.22 bits per heavy atom. The number of pyridine rings is 1. The minimum atomic E-state index is -0.492. The molecule has 0 radical (unpaired) electrons. The number of hydrogen-bond donors (Lipinski definition) is 2. The van der Waals surface area contributed by atoms with Gasteiger partial charge in [0.25, 0.3) is 11.5 Å². The fourth-order valence-electron chi connectivity index (χ4n) is 2.88. The molecule has 1 aromatic heterocycles. The van der Waals surface area contributed by atoms with Crippen molar-refractivity contribution >= 4 is 17.4 Å². The third-order valence-corrected chi connectivity index (χ3v) is 4.14. The van der Waals surface area contributed by atoms with E-state index in [1.807, 2.05) is 25.1 Å². The number of rotatable bonds is 3. The van der Waals surface area contributed by atoms with Crippen LogP contribution in [0, 0.1) is 0 Å². The first-order valence-electron chi connectivity index (χ1n) is 7.78. The fraction of sp³-hybridized carbons (Fsp3) is 0.278. The molecule has 0 saturated carbocycles. The van der Waals surface area contributed by atoms with Crippen molar-refractivity contribution in [2.75, 3.05) is 5.32 Å². The second kappa shape index (κ2) is 6.20. The maximum Gasteiger partial charge on any atom is 0.261 e. The molecule has 0 spiro atoms. The van der Waals surface area contributed by atoms with Crippen molar-refractivity contribution in [2.24, 2.45) is 0 Å². The van der Waals surface area contributed by atoms with E-state index in [1.165, 1.54) is 6.07 Å². The lowest BCUT2D eigenvalue weighted by Crippen LogP contribution is -2.27. The normalized spacial score (nSPS) is 13.5. The topological polar surface area (TPSA) is 79.0 Å². The summed E-state index contributed by atoms with van der Waals surface area (Å²) >= 11 is 0. The Kier molecular flexibility index (Phi) is 4.10. The fourth-order valence-corrected chi connectivity index (χ4v) is 2.88. The SMILES string of the molecule is CCc1ccccc1NC(=O)c1cc2c([nH]c1=O)CCCC2=O. The summed E-state index contributed by atoms with van der Waals surface area (Å²) in [6.45, 7) is 2.00. The van der Waals surface area contributed by atoms with Crippen LogP contribution in [0.2, 0.25) is 0 Å². The van der Waals surface area contributed by atoms with E-state index in [9.17, 15) is 14.4 Å². The number of carbonyl (C=O) groups is 2. The van der Waals surface area contributed by atoms with Gasteiger partial charge in [-0.2, -0.15) is 0 Å². The van der Waals surface area contributed by atoms with Gasteiger partial charge in [-0.25, -0.2) is 0 Å². The molecule has 23 heavy (non-hydrogen) atoms. The summed E-state index contributed by atoms with van der Waals surface area (Å²) in [6.07, 6.45) is 2.63. The molecular formula is C18H18N2O3. The van der Waals surface area contributed by atoms with Crippen molar-refractivity contribution in [3.05, 3.63) is 63.1 Å². The second-order valence-electron chi connectivity index (χ2n) is 5.65. The Morgan fingerprint density at radius 2 is 2.00 bits per heavy atom. The van der Waals surface area contributed by atoms with Crippen LogP contribution < -0.4 is 10.9 Å². The van der Waals surface area contributed by atoms with Gasteiger partial charge in [0.15, 0.2) is 5.78 Å². The van der Waals surface area contributed by atoms with Crippen molar-refractivity contribution in [1.29, 1.82) is 0 Å². The highest BCUT2D eigenvalue weighted by atomic mass is 16.2. The van der Waals surface area contributed by atoms with Gasteiger partial charge in [-0.05, 0) is 37.0 Å². The minimum absolute atomic E-state index is 0.0227. The van der Waals surface area contributed by atoms with E-state index in [4.69, 9.17) is 0 Å². The Balaban J connectivity index is 1.95. The smallest absolute Gasteiger partial charge is 0.261 e. The van der Waals surface area contributed by atoms with Crippen molar-refractivity contribution in [1.82, 2.24) is 4.98 Å². The number of carbonyl (C=O) groups excluding carboxylic acids is 2. The van der Waals surface area contributed by atoms with Crippen molar-refractivity contribution in [3.63, 3.8) is 0 Å². The number of H-pyrrole nitrogens is 1. The van der Waals surface area contributed by atoms with Gasteiger partial charge < -0.3 is 10.3 Å². The highest BCUT2D eigenvalue weighted by Crippen LogP contribution is 2.20. The quantitative estimate of drug-likeness (QED) is 0.915. The largest absolute Gasteiger partial charge is 0.325 e. The van der Waals surface area contributed by atoms with Gasteiger partial charge in [-0.15, -0.1) is 0 Å². The lowest BCUT2D eigenvalue weighted by Gasteiger charge is -2.15. The van der Waals surface area contributed by atoms with Crippen LogP contribution in [0.4, 0.5) is 5.69 Å². The molecule has 5 heteroatoms. The number of aromatic nitrogens is 1. The standard InChI is InChI=1S/C18H18N2O3/c1-2-11-6-3-4-7-14(11)19-17(22)13-10-12-15(20-18(13)23)8-5-9-16(12)21/h3-4,6-7,10H,2,5,8-9H2,1H3,(H,19,22)(H,20,23). The molecule has 1 aromatic carbocycles. The van der Waals surface area contributed by atoms with Crippen LogP contribution in [0.1, 0.15) is 51.7 Å². The van der Waals surface area contributed by atoms with Crippen molar-refractivity contribution in [3.8, 4) is 0 Å². The minimum Gasteiger partial charge on any atom is -0.325 e. The molecule has 1 aliphatic carbocycles. The van der Waals surface area contributed by atoms with Crippen LogP contribution >= 0.6 is 0 Å². The molecule has 118 valence electrons. The molecule has 1 aliphatic rings. The number of aryl methyl sites for hydroxylation is 2. The number of nitrogens with one attached hydrogen (secondary N) is 2. The Morgan fingerprint density at radius 3 is 2.78 bits per heavy atom. The van der Waals surface area contributed by atoms with E-state index >= 15 is 0 Å². The Labute approximate surface area is 133 Å². The van der Waals surface area contributed by atoms with Gasteiger partial charge in [0.1, 0.15) is 5.56 Å². The number of anilines is 1. The van der Waals surface area contributed by atoms with E-state index in [1.54, 1.807) is 6.07 Å². The molecule has 0 bridgehead atoms. The zero-order valence-electron chi connectivity index (χ0n) is 12.9.